The molecule has 0 saturated carbocycles. The minimum atomic E-state index is -1.50. The van der Waals surface area contributed by atoms with Gasteiger partial charge in [0.05, 0.1) is 12.6 Å². The third-order valence-corrected chi connectivity index (χ3v) is 6.59. The van der Waals surface area contributed by atoms with Crippen LogP contribution in [0.4, 0.5) is 0 Å². The van der Waals surface area contributed by atoms with E-state index < -0.39 is 78.6 Å². The van der Waals surface area contributed by atoms with E-state index in [1.54, 1.807) is 56.3 Å². The van der Waals surface area contributed by atoms with E-state index in [1.807, 2.05) is 0 Å². The molecule has 14 heteroatoms. The minimum absolute atomic E-state index is 0.0164. The van der Waals surface area contributed by atoms with Crippen molar-refractivity contribution in [2.45, 2.75) is 63.7 Å². The van der Waals surface area contributed by atoms with Gasteiger partial charge in [-0.25, -0.2) is 4.79 Å². The van der Waals surface area contributed by atoms with Crippen LogP contribution in [0.2, 0.25) is 0 Å². The van der Waals surface area contributed by atoms with Crippen LogP contribution >= 0.6 is 0 Å². The fraction of sp³-hybridized carbons (Fsp3) is 0.400. The predicted octanol–water partition coefficient (Wildman–Crippen LogP) is -0.319. The maximum atomic E-state index is 13.3. The molecule has 0 aromatic heterocycles. The number of hydrogen-bond acceptors (Lipinski definition) is 8. The first-order chi connectivity index (χ1) is 20.8. The topological polar surface area (TPSA) is 237 Å². The third kappa shape index (κ3) is 12.1. The molecule has 0 aliphatic rings. The zero-order valence-corrected chi connectivity index (χ0v) is 24.5. The van der Waals surface area contributed by atoms with Crippen molar-refractivity contribution >= 4 is 35.6 Å². The molecule has 0 bridgehead atoms. The normalized spacial score (nSPS) is 13.5. The number of carbonyl (C=O) groups excluding carboxylic acids is 4. The summed E-state index contributed by atoms with van der Waals surface area (Å²) in [5.74, 6) is -5.90. The number of carbonyl (C=O) groups is 6. The van der Waals surface area contributed by atoms with Crippen molar-refractivity contribution in [3.05, 3.63) is 65.7 Å². The number of hydrogen-bond donors (Lipinski definition) is 8. The van der Waals surface area contributed by atoms with Crippen LogP contribution in [0.25, 0.3) is 0 Å². The summed E-state index contributed by atoms with van der Waals surface area (Å²) in [6.45, 7) is 2.85. The van der Waals surface area contributed by atoms with Crippen LogP contribution in [0.15, 0.2) is 54.6 Å². The van der Waals surface area contributed by atoms with Gasteiger partial charge in [-0.3, -0.25) is 24.0 Å². The van der Waals surface area contributed by atoms with Gasteiger partial charge in [-0.2, -0.15) is 0 Å². The molecule has 0 saturated heterocycles. The van der Waals surface area contributed by atoms with Gasteiger partial charge in [0, 0.05) is 12.8 Å². The molecule has 238 valence electrons. The largest absolute Gasteiger partial charge is 0.508 e. The number of phenolic OH excluding ortho intramolecular Hbond substituents is 1. The summed E-state index contributed by atoms with van der Waals surface area (Å²) in [6.07, 6.45) is -0.712. The van der Waals surface area contributed by atoms with E-state index in [2.05, 4.69) is 21.3 Å². The van der Waals surface area contributed by atoms with Crippen molar-refractivity contribution in [3.63, 3.8) is 0 Å². The molecule has 2 rings (SSSR count). The molecule has 0 aliphatic heterocycles. The molecule has 0 fully saturated rings. The Kier molecular flexibility index (Phi) is 13.8. The fourth-order valence-electron chi connectivity index (χ4n) is 4.15. The van der Waals surface area contributed by atoms with Gasteiger partial charge < -0.3 is 42.3 Å². The molecule has 4 amide bonds. The standard InChI is InChI=1S/C30H39N5O9/c1-17(2)26(35-24(37)16-32-27(40)21(31)14-19-8-10-20(36)11-9-19)29(42)34-23(15-18-6-4-3-5-7-18)28(41)33-22(30(43)44)12-13-25(38)39/h3-11,17,21-23,26,36H,12-16,31H2,1-2H3,(H,32,40)(H,33,41)(H,34,42)(H,35,37)(H,38,39)(H,43,44)/t21-,22-,23-,26-/m0/s1. The molecule has 0 unspecified atom stereocenters. The van der Waals surface area contributed by atoms with Crippen molar-refractivity contribution in [1.82, 2.24) is 21.3 Å². The molecule has 0 heterocycles. The number of aliphatic carboxylic acids is 2. The summed E-state index contributed by atoms with van der Waals surface area (Å²) in [4.78, 5) is 74.1. The lowest BCUT2D eigenvalue weighted by Crippen LogP contribution is -2.58. The first-order valence-electron chi connectivity index (χ1n) is 14.0. The molecule has 4 atom stereocenters. The second-order valence-electron chi connectivity index (χ2n) is 10.6. The Morgan fingerprint density at radius 2 is 1.34 bits per heavy atom. The van der Waals surface area contributed by atoms with E-state index in [1.165, 1.54) is 12.1 Å². The molecule has 2 aromatic rings. The highest BCUT2D eigenvalue weighted by Gasteiger charge is 2.31. The van der Waals surface area contributed by atoms with Crippen LogP contribution in [-0.2, 0) is 41.6 Å². The Labute approximate surface area is 254 Å². The third-order valence-electron chi connectivity index (χ3n) is 6.59. The van der Waals surface area contributed by atoms with Gasteiger partial charge in [0.15, 0.2) is 0 Å². The SMILES string of the molecule is CC(C)[C@H](NC(=O)CNC(=O)[C@@H](N)Cc1ccc(O)cc1)C(=O)N[C@@H](Cc1ccccc1)C(=O)N[C@@H](CCC(=O)O)C(=O)O. The summed E-state index contributed by atoms with van der Waals surface area (Å²) < 4.78 is 0. The molecule has 0 radical (unpaired) electrons. The van der Waals surface area contributed by atoms with E-state index in [-0.39, 0.29) is 25.0 Å². The van der Waals surface area contributed by atoms with Crippen LogP contribution < -0.4 is 27.0 Å². The maximum absolute atomic E-state index is 13.3. The summed E-state index contributed by atoms with van der Waals surface area (Å²) >= 11 is 0. The average molecular weight is 614 g/mol. The monoisotopic (exact) mass is 613 g/mol. The number of phenols is 1. The van der Waals surface area contributed by atoms with Gasteiger partial charge in [-0.05, 0) is 42.0 Å². The zero-order chi connectivity index (χ0) is 32.8. The number of rotatable bonds is 17. The Morgan fingerprint density at radius 1 is 0.750 bits per heavy atom. The van der Waals surface area contributed by atoms with Crippen LogP contribution in [0, 0.1) is 5.92 Å². The van der Waals surface area contributed by atoms with Crippen LogP contribution in [0.3, 0.4) is 0 Å². The van der Waals surface area contributed by atoms with Gasteiger partial charge in [0.1, 0.15) is 23.9 Å². The van der Waals surface area contributed by atoms with Crippen LogP contribution in [-0.4, -0.2) is 81.6 Å². The van der Waals surface area contributed by atoms with Gasteiger partial charge in [-0.1, -0.05) is 56.3 Å². The Balaban J connectivity index is 2.06. The van der Waals surface area contributed by atoms with Gasteiger partial charge in [0.2, 0.25) is 23.6 Å². The summed E-state index contributed by atoms with van der Waals surface area (Å²) in [7, 11) is 0. The van der Waals surface area contributed by atoms with Crippen molar-refractivity contribution in [1.29, 1.82) is 0 Å². The van der Waals surface area contributed by atoms with E-state index in [9.17, 15) is 39.0 Å². The zero-order valence-electron chi connectivity index (χ0n) is 24.5. The van der Waals surface area contributed by atoms with E-state index in [0.29, 0.717) is 11.1 Å². The lowest BCUT2D eigenvalue weighted by Gasteiger charge is -2.26. The van der Waals surface area contributed by atoms with Crippen LogP contribution in [0.5, 0.6) is 5.75 Å². The second-order valence-corrected chi connectivity index (χ2v) is 10.6. The lowest BCUT2D eigenvalue weighted by atomic mass is 10.0. The summed E-state index contributed by atoms with van der Waals surface area (Å²) in [5, 5.41) is 37.6. The highest BCUT2D eigenvalue weighted by atomic mass is 16.4. The number of amides is 4. The molecule has 9 N–H and O–H groups in total. The highest BCUT2D eigenvalue weighted by Crippen LogP contribution is 2.11. The number of carboxylic acids is 2. The Bertz CT molecular complexity index is 1300. The predicted molar refractivity (Wildman–Crippen MR) is 158 cm³/mol. The number of nitrogens with two attached hydrogens (primary N) is 1. The number of aromatic hydroxyl groups is 1. The Morgan fingerprint density at radius 3 is 1.91 bits per heavy atom. The Hall–Kier alpha value is -4.98. The molecule has 14 nitrogen and oxygen atoms in total. The average Bonchev–Trinajstić information content (AvgIpc) is 2.97. The molecular formula is C30H39N5O9. The van der Waals surface area contributed by atoms with Crippen molar-refractivity contribution in [3.8, 4) is 5.75 Å². The number of nitrogens with one attached hydrogen (secondary N) is 4. The second kappa shape index (κ2) is 17.2. The van der Waals surface area contributed by atoms with E-state index in [0.717, 1.165) is 0 Å². The molecule has 0 aliphatic carbocycles. The highest BCUT2D eigenvalue weighted by molar-refractivity contribution is 5.94. The van der Waals surface area contributed by atoms with E-state index in [4.69, 9.17) is 10.8 Å². The van der Waals surface area contributed by atoms with Gasteiger partial charge in [0.25, 0.3) is 0 Å². The van der Waals surface area contributed by atoms with Crippen LogP contribution in [0.1, 0.15) is 37.8 Å². The van der Waals surface area contributed by atoms with Crippen molar-refractivity contribution in [2.75, 3.05) is 6.54 Å². The molecule has 44 heavy (non-hydrogen) atoms. The maximum Gasteiger partial charge on any atom is 0.326 e. The lowest BCUT2D eigenvalue weighted by molar-refractivity contribution is -0.143. The number of carboxylic acid groups (broad SMARTS) is 2. The molecule has 2 aromatic carbocycles. The van der Waals surface area contributed by atoms with Crippen molar-refractivity contribution in [2.24, 2.45) is 11.7 Å². The van der Waals surface area contributed by atoms with Gasteiger partial charge in [-0.15, -0.1) is 0 Å². The summed E-state index contributed by atoms with van der Waals surface area (Å²) in [5.41, 5.74) is 7.29. The quantitative estimate of drug-likeness (QED) is 0.116. The molecule has 0 spiro atoms. The smallest absolute Gasteiger partial charge is 0.326 e. The fourth-order valence-corrected chi connectivity index (χ4v) is 4.15. The first-order valence-corrected chi connectivity index (χ1v) is 14.0. The number of benzene rings is 2. The molecular weight excluding hydrogens is 574 g/mol. The first kappa shape index (κ1) is 35.2. The van der Waals surface area contributed by atoms with Crippen molar-refractivity contribution < 1.29 is 44.1 Å². The van der Waals surface area contributed by atoms with Gasteiger partial charge >= 0.3 is 11.9 Å². The van der Waals surface area contributed by atoms with E-state index >= 15 is 0 Å². The summed E-state index contributed by atoms with van der Waals surface area (Å²) in [6, 6.07) is 9.92. The minimum Gasteiger partial charge on any atom is -0.508 e.